The van der Waals surface area contributed by atoms with Crippen molar-refractivity contribution in [2.45, 2.75) is 25.9 Å². The number of carbonyl (C=O) groups is 1. The molecule has 1 amide bonds. The summed E-state index contributed by atoms with van der Waals surface area (Å²) in [4.78, 5) is 23.5. The Kier molecular flexibility index (Phi) is 6.17. The third kappa shape index (κ3) is 4.33. The molecule has 1 aliphatic rings. The second kappa shape index (κ2) is 8.47. The molecular formula is C21H20ClF3N4O. The molecule has 158 valence electrons. The molecule has 0 spiro atoms. The van der Waals surface area contributed by atoms with Crippen LogP contribution in [0.2, 0.25) is 0 Å². The van der Waals surface area contributed by atoms with Gasteiger partial charge in [0.1, 0.15) is 0 Å². The van der Waals surface area contributed by atoms with Crippen molar-refractivity contribution < 1.29 is 18.0 Å². The molecule has 3 aromatic rings. The minimum atomic E-state index is -4.40. The van der Waals surface area contributed by atoms with E-state index in [0.717, 1.165) is 30.7 Å². The van der Waals surface area contributed by atoms with Gasteiger partial charge in [0.15, 0.2) is 5.65 Å². The van der Waals surface area contributed by atoms with Crippen LogP contribution in [0.1, 0.15) is 34.5 Å². The Morgan fingerprint density at radius 3 is 2.37 bits per heavy atom. The Morgan fingerprint density at radius 1 is 1.07 bits per heavy atom. The summed E-state index contributed by atoms with van der Waals surface area (Å²) in [5.41, 5.74) is 1.85. The van der Waals surface area contributed by atoms with Gasteiger partial charge in [0.05, 0.1) is 16.8 Å². The second-order valence-corrected chi connectivity index (χ2v) is 7.07. The third-order valence-corrected chi connectivity index (χ3v) is 4.97. The largest absolute Gasteiger partial charge is 0.416 e. The zero-order valence-corrected chi connectivity index (χ0v) is 17.0. The van der Waals surface area contributed by atoms with E-state index in [-0.39, 0.29) is 18.3 Å². The fourth-order valence-electron chi connectivity index (χ4n) is 3.45. The molecule has 30 heavy (non-hydrogen) atoms. The highest BCUT2D eigenvalue weighted by atomic mass is 35.5. The number of fused-ring (bicyclic) bond motifs is 1. The number of carbonyl (C=O) groups excluding carboxylic acids is 1. The van der Waals surface area contributed by atoms with Crippen LogP contribution in [-0.2, 0) is 6.18 Å². The van der Waals surface area contributed by atoms with Gasteiger partial charge < -0.3 is 10.2 Å². The van der Waals surface area contributed by atoms with Gasteiger partial charge in [0.2, 0.25) is 0 Å². The van der Waals surface area contributed by atoms with Gasteiger partial charge in [-0.3, -0.25) is 4.79 Å². The number of benzene rings is 1. The van der Waals surface area contributed by atoms with E-state index in [1.54, 1.807) is 4.90 Å². The van der Waals surface area contributed by atoms with Gasteiger partial charge in [-0.05, 0) is 56.2 Å². The lowest BCUT2D eigenvalue weighted by atomic mass is 10.1. The number of hydrogen-bond donors (Lipinski definition) is 1. The first-order valence-corrected chi connectivity index (χ1v) is 9.33. The van der Waals surface area contributed by atoms with Crippen LogP contribution in [0.25, 0.3) is 11.0 Å². The summed E-state index contributed by atoms with van der Waals surface area (Å²) in [5.74, 6) is -0.146. The van der Waals surface area contributed by atoms with Crippen LogP contribution in [0, 0.1) is 6.92 Å². The molecule has 0 unspecified atom stereocenters. The summed E-state index contributed by atoms with van der Waals surface area (Å²) >= 11 is 0. The predicted molar refractivity (Wildman–Crippen MR) is 111 cm³/mol. The van der Waals surface area contributed by atoms with E-state index in [2.05, 4.69) is 15.3 Å². The Bertz CT molecular complexity index is 1060. The van der Waals surface area contributed by atoms with Gasteiger partial charge >= 0.3 is 6.18 Å². The van der Waals surface area contributed by atoms with Gasteiger partial charge in [-0.25, -0.2) is 9.97 Å². The molecule has 1 aliphatic heterocycles. The fourth-order valence-corrected chi connectivity index (χ4v) is 3.45. The molecular weight excluding hydrogens is 417 g/mol. The monoisotopic (exact) mass is 436 g/mol. The van der Waals surface area contributed by atoms with Crippen molar-refractivity contribution in [1.82, 2.24) is 14.9 Å². The molecule has 0 aliphatic carbocycles. The number of pyridine rings is 2. The third-order valence-electron chi connectivity index (χ3n) is 4.97. The Morgan fingerprint density at radius 2 is 1.73 bits per heavy atom. The first-order chi connectivity index (χ1) is 13.8. The molecule has 4 rings (SSSR count). The highest BCUT2D eigenvalue weighted by Crippen LogP contribution is 2.33. The zero-order valence-electron chi connectivity index (χ0n) is 16.2. The number of alkyl halides is 3. The number of rotatable bonds is 3. The molecule has 0 radical (unpaired) electrons. The van der Waals surface area contributed by atoms with Crippen molar-refractivity contribution in [1.29, 1.82) is 0 Å². The minimum absolute atomic E-state index is 0. The van der Waals surface area contributed by atoms with E-state index in [9.17, 15) is 18.0 Å². The van der Waals surface area contributed by atoms with Gasteiger partial charge in [-0.1, -0.05) is 0 Å². The number of halogens is 4. The summed E-state index contributed by atoms with van der Waals surface area (Å²) in [6.07, 6.45) is -1.01. The lowest BCUT2D eigenvalue weighted by Gasteiger charge is -2.19. The van der Waals surface area contributed by atoms with E-state index in [0.29, 0.717) is 41.1 Å². The highest BCUT2D eigenvalue weighted by molar-refractivity contribution is 6.07. The lowest BCUT2D eigenvalue weighted by Crippen LogP contribution is -2.28. The lowest BCUT2D eigenvalue weighted by molar-refractivity contribution is -0.137. The molecule has 0 bridgehead atoms. The number of hydrogen-bond acceptors (Lipinski definition) is 4. The van der Waals surface area contributed by atoms with Gasteiger partial charge in [0.25, 0.3) is 5.91 Å². The number of aryl methyl sites for hydroxylation is 1. The predicted octanol–water partition coefficient (Wildman–Crippen LogP) is 5.36. The number of amides is 1. The van der Waals surface area contributed by atoms with E-state index in [1.165, 1.54) is 18.3 Å². The van der Waals surface area contributed by atoms with Crippen molar-refractivity contribution in [3.63, 3.8) is 0 Å². The summed E-state index contributed by atoms with van der Waals surface area (Å²) in [7, 11) is 0. The van der Waals surface area contributed by atoms with Crippen LogP contribution in [0.4, 0.5) is 24.5 Å². The Labute approximate surface area is 177 Å². The molecule has 1 aromatic carbocycles. The first-order valence-electron chi connectivity index (χ1n) is 9.33. The number of nitrogens with one attached hydrogen (secondary N) is 1. The zero-order chi connectivity index (χ0) is 20.6. The molecule has 5 nitrogen and oxygen atoms in total. The van der Waals surface area contributed by atoms with Crippen molar-refractivity contribution in [3.05, 3.63) is 59.4 Å². The van der Waals surface area contributed by atoms with E-state index < -0.39 is 11.7 Å². The maximum absolute atomic E-state index is 13.0. The van der Waals surface area contributed by atoms with Crippen molar-refractivity contribution in [2.24, 2.45) is 0 Å². The maximum atomic E-state index is 13.0. The molecule has 1 saturated heterocycles. The van der Waals surface area contributed by atoms with Gasteiger partial charge in [-0.2, -0.15) is 13.2 Å². The standard InChI is InChI=1S/C21H19F3N4O.ClH/c1-13-4-9-16-18(27-15-7-5-14(6-8-15)21(22,23)24)17(12-25-19(16)26-13)20(29)28-10-2-3-11-28;/h4-9,12H,2-3,10-11H2,1H3,(H,25,26,27);1H. The van der Waals surface area contributed by atoms with E-state index >= 15 is 0 Å². The van der Waals surface area contributed by atoms with Crippen LogP contribution in [0.3, 0.4) is 0 Å². The topological polar surface area (TPSA) is 58.1 Å². The van der Waals surface area contributed by atoms with Gasteiger partial charge in [-0.15, -0.1) is 12.4 Å². The van der Waals surface area contributed by atoms with E-state index in [1.807, 2.05) is 19.1 Å². The average Bonchev–Trinajstić information content (AvgIpc) is 3.22. The first kappa shape index (κ1) is 21.8. The molecule has 0 atom stereocenters. The Hall–Kier alpha value is -2.87. The second-order valence-electron chi connectivity index (χ2n) is 7.07. The van der Waals surface area contributed by atoms with Crippen molar-refractivity contribution >= 4 is 40.7 Å². The van der Waals surface area contributed by atoms with Gasteiger partial charge in [0, 0.05) is 36.1 Å². The minimum Gasteiger partial charge on any atom is -0.354 e. The maximum Gasteiger partial charge on any atom is 0.416 e. The normalized spacial score (nSPS) is 13.9. The summed E-state index contributed by atoms with van der Waals surface area (Å²) < 4.78 is 38.5. The average molecular weight is 437 g/mol. The molecule has 9 heteroatoms. The van der Waals surface area contributed by atoms with Crippen LogP contribution >= 0.6 is 12.4 Å². The van der Waals surface area contributed by atoms with Crippen LogP contribution in [0.15, 0.2) is 42.6 Å². The smallest absolute Gasteiger partial charge is 0.354 e. The fraction of sp³-hybridized carbons (Fsp3) is 0.286. The SMILES string of the molecule is Cc1ccc2c(Nc3ccc(C(F)(F)F)cc3)c(C(=O)N3CCCC3)cnc2n1.Cl. The quantitative estimate of drug-likeness (QED) is 0.600. The van der Waals surface area contributed by atoms with Crippen LogP contribution in [0.5, 0.6) is 0 Å². The number of likely N-dealkylation sites (tertiary alicyclic amines) is 1. The Balaban J connectivity index is 0.00000256. The summed E-state index contributed by atoms with van der Waals surface area (Å²) in [6.45, 7) is 3.21. The van der Waals surface area contributed by atoms with Crippen LogP contribution < -0.4 is 5.32 Å². The van der Waals surface area contributed by atoms with Crippen molar-refractivity contribution in [2.75, 3.05) is 18.4 Å². The molecule has 0 saturated carbocycles. The van der Waals surface area contributed by atoms with Crippen molar-refractivity contribution in [3.8, 4) is 0 Å². The molecule has 1 fully saturated rings. The summed E-state index contributed by atoms with van der Waals surface area (Å²) in [6, 6.07) is 8.34. The number of anilines is 2. The summed E-state index contributed by atoms with van der Waals surface area (Å²) in [5, 5.41) is 3.76. The molecule has 1 N–H and O–H groups in total. The number of aromatic nitrogens is 2. The number of nitrogens with zero attached hydrogens (tertiary/aromatic N) is 3. The van der Waals surface area contributed by atoms with Crippen LogP contribution in [-0.4, -0.2) is 33.9 Å². The molecule has 3 heterocycles. The van der Waals surface area contributed by atoms with E-state index in [4.69, 9.17) is 0 Å². The highest BCUT2D eigenvalue weighted by Gasteiger charge is 2.30. The molecule has 2 aromatic heterocycles.